The fourth-order valence-electron chi connectivity index (χ4n) is 2.05. The summed E-state index contributed by atoms with van der Waals surface area (Å²) >= 11 is 0. The van der Waals surface area contributed by atoms with E-state index in [1.807, 2.05) is 31.5 Å². The van der Waals surface area contributed by atoms with Crippen molar-refractivity contribution in [1.82, 2.24) is 20.3 Å². The van der Waals surface area contributed by atoms with Crippen molar-refractivity contribution in [3.63, 3.8) is 0 Å². The highest BCUT2D eigenvalue weighted by molar-refractivity contribution is 5.17. The van der Waals surface area contributed by atoms with Gasteiger partial charge in [0.25, 0.3) is 0 Å². The summed E-state index contributed by atoms with van der Waals surface area (Å²) in [4.78, 5) is 12.7. The predicted molar refractivity (Wildman–Crippen MR) is 71.0 cm³/mol. The number of nitrogens with zero attached hydrogens (tertiary/aromatic N) is 3. The summed E-state index contributed by atoms with van der Waals surface area (Å²) in [5, 5.41) is 3.52. The van der Waals surface area contributed by atoms with Crippen molar-refractivity contribution < 1.29 is 0 Å². The molecule has 2 aromatic heterocycles. The van der Waals surface area contributed by atoms with Gasteiger partial charge in [-0.05, 0) is 38.5 Å². The van der Waals surface area contributed by atoms with Gasteiger partial charge in [-0.1, -0.05) is 0 Å². The Morgan fingerprint density at radius 1 is 0.944 bits per heavy atom. The van der Waals surface area contributed by atoms with Crippen LogP contribution in [-0.4, -0.2) is 15.0 Å². The number of rotatable bonds is 4. The molecule has 0 aliphatic heterocycles. The number of aryl methyl sites for hydroxylation is 1. The minimum atomic E-state index is 0.168. The van der Waals surface area contributed by atoms with E-state index in [-0.39, 0.29) is 12.1 Å². The van der Waals surface area contributed by atoms with Crippen LogP contribution in [0, 0.1) is 6.92 Å². The molecule has 4 heteroatoms. The zero-order valence-corrected chi connectivity index (χ0v) is 11.0. The highest BCUT2D eigenvalue weighted by Gasteiger charge is 2.14. The van der Waals surface area contributed by atoms with Gasteiger partial charge in [-0.2, -0.15) is 0 Å². The van der Waals surface area contributed by atoms with E-state index in [4.69, 9.17) is 0 Å². The largest absolute Gasteiger partial charge is 0.302 e. The number of hydrogen-bond donors (Lipinski definition) is 1. The summed E-state index contributed by atoms with van der Waals surface area (Å²) in [6.45, 7) is 6.23. The lowest BCUT2D eigenvalue weighted by molar-refractivity contribution is 0.482. The Hall–Kier alpha value is -1.81. The number of aromatic nitrogens is 3. The summed E-state index contributed by atoms with van der Waals surface area (Å²) in [7, 11) is 0. The Kier molecular flexibility index (Phi) is 3.99. The molecule has 0 aromatic carbocycles. The van der Waals surface area contributed by atoms with Crippen molar-refractivity contribution in [2.75, 3.05) is 0 Å². The Labute approximate surface area is 108 Å². The first-order valence-electron chi connectivity index (χ1n) is 6.12. The van der Waals surface area contributed by atoms with Crippen LogP contribution in [0.4, 0.5) is 0 Å². The zero-order valence-electron chi connectivity index (χ0n) is 11.0. The first-order chi connectivity index (χ1) is 8.68. The normalized spacial score (nSPS) is 14.2. The summed E-state index contributed by atoms with van der Waals surface area (Å²) in [6.07, 6.45) is 7.08. The third-order valence-corrected chi connectivity index (χ3v) is 3.04. The molecule has 94 valence electrons. The predicted octanol–water partition coefficient (Wildman–Crippen LogP) is 2.59. The smallest absolute Gasteiger partial charge is 0.0782 e. The van der Waals surface area contributed by atoms with Gasteiger partial charge in [0, 0.05) is 36.9 Å². The van der Waals surface area contributed by atoms with Gasteiger partial charge in [0.05, 0.1) is 11.4 Å². The minimum Gasteiger partial charge on any atom is -0.302 e. The van der Waals surface area contributed by atoms with Gasteiger partial charge in [-0.15, -0.1) is 0 Å². The van der Waals surface area contributed by atoms with Crippen LogP contribution in [0.2, 0.25) is 0 Å². The fraction of sp³-hybridized carbons (Fsp3) is 0.357. The first kappa shape index (κ1) is 12.6. The zero-order chi connectivity index (χ0) is 13.0. The van der Waals surface area contributed by atoms with Crippen LogP contribution in [-0.2, 0) is 0 Å². The molecule has 2 rings (SSSR count). The van der Waals surface area contributed by atoms with E-state index >= 15 is 0 Å². The van der Waals surface area contributed by atoms with Crippen LogP contribution >= 0.6 is 0 Å². The molecule has 0 aliphatic rings. The molecule has 0 spiro atoms. The van der Waals surface area contributed by atoms with E-state index in [1.54, 1.807) is 12.4 Å². The van der Waals surface area contributed by atoms with Crippen LogP contribution in [0.15, 0.2) is 36.9 Å². The molecule has 2 heterocycles. The Morgan fingerprint density at radius 3 is 2.28 bits per heavy atom. The lowest BCUT2D eigenvalue weighted by Gasteiger charge is -2.20. The Balaban J connectivity index is 2.08. The summed E-state index contributed by atoms with van der Waals surface area (Å²) in [6, 6.07) is 4.47. The molecule has 0 amide bonds. The van der Waals surface area contributed by atoms with E-state index in [9.17, 15) is 0 Å². The molecule has 2 atom stereocenters. The van der Waals surface area contributed by atoms with Gasteiger partial charge in [0.2, 0.25) is 0 Å². The van der Waals surface area contributed by atoms with Crippen LogP contribution in [0.25, 0.3) is 0 Å². The maximum Gasteiger partial charge on any atom is 0.0782 e. The average Bonchev–Trinajstić information content (AvgIpc) is 2.40. The molecule has 1 unspecified atom stereocenters. The standard InChI is InChI=1S/C14H18N4/c1-10(13-4-6-15-7-5-13)18-12(3)14-11(2)16-8-9-17-14/h4-10,12,18H,1-3H3/t10-,12?/m1/s1. The number of nitrogens with one attached hydrogen (secondary N) is 1. The van der Waals surface area contributed by atoms with Crippen molar-refractivity contribution in [3.8, 4) is 0 Å². The average molecular weight is 242 g/mol. The monoisotopic (exact) mass is 242 g/mol. The topological polar surface area (TPSA) is 50.7 Å². The van der Waals surface area contributed by atoms with Crippen molar-refractivity contribution in [3.05, 3.63) is 53.9 Å². The second-order valence-corrected chi connectivity index (χ2v) is 4.42. The van der Waals surface area contributed by atoms with E-state index in [2.05, 4.69) is 34.1 Å². The van der Waals surface area contributed by atoms with Gasteiger partial charge in [0.15, 0.2) is 0 Å². The van der Waals surface area contributed by atoms with Crippen molar-refractivity contribution in [1.29, 1.82) is 0 Å². The maximum atomic E-state index is 4.39. The molecule has 2 aromatic rings. The lowest BCUT2D eigenvalue weighted by atomic mass is 10.1. The van der Waals surface area contributed by atoms with Gasteiger partial charge in [0.1, 0.15) is 0 Å². The summed E-state index contributed by atoms with van der Waals surface area (Å²) in [5.41, 5.74) is 3.19. The molecule has 0 saturated heterocycles. The first-order valence-corrected chi connectivity index (χ1v) is 6.12. The summed E-state index contributed by atoms with van der Waals surface area (Å²) < 4.78 is 0. The molecule has 1 N–H and O–H groups in total. The van der Waals surface area contributed by atoms with Gasteiger partial charge in [-0.25, -0.2) is 0 Å². The van der Waals surface area contributed by atoms with Gasteiger partial charge in [-0.3, -0.25) is 15.0 Å². The second-order valence-electron chi connectivity index (χ2n) is 4.42. The van der Waals surface area contributed by atoms with E-state index in [0.717, 1.165) is 11.4 Å². The molecule has 18 heavy (non-hydrogen) atoms. The fourth-order valence-corrected chi connectivity index (χ4v) is 2.05. The van der Waals surface area contributed by atoms with Crippen LogP contribution in [0.1, 0.15) is 42.9 Å². The molecule has 0 saturated carbocycles. The minimum absolute atomic E-state index is 0.168. The third-order valence-electron chi connectivity index (χ3n) is 3.04. The van der Waals surface area contributed by atoms with Gasteiger partial charge < -0.3 is 5.32 Å². The van der Waals surface area contributed by atoms with E-state index in [0.29, 0.717) is 0 Å². The molecule has 4 nitrogen and oxygen atoms in total. The second kappa shape index (κ2) is 5.69. The molecule has 0 radical (unpaired) electrons. The molecule has 0 aliphatic carbocycles. The lowest BCUT2D eigenvalue weighted by Crippen LogP contribution is -2.24. The van der Waals surface area contributed by atoms with Crippen LogP contribution in [0.3, 0.4) is 0 Å². The molecule has 0 bridgehead atoms. The van der Waals surface area contributed by atoms with Crippen LogP contribution in [0.5, 0.6) is 0 Å². The molecular formula is C14H18N4. The Bertz CT molecular complexity index is 498. The molecule has 0 fully saturated rings. The van der Waals surface area contributed by atoms with E-state index in [1.165, 1.54) is 5.56 Å². The van der Waals surface area contributed by atoms with Crippen LogP contribution < -0.4 is 5.32 Å². The number of pyridine rings is 1. The van der Waals surface area contributed by atoms with Crippen molar-refractivity contribution in [2.24, 2.45) is 0 Å². The van der Waals surface area contributed by atoms with E-state index < -0.39 is 0 Å². The maximum absolute atomic E-state index is 4.39. The van der Waals surface area contributed by atoms with Crippen molar-refractivity contribution >= 4 is 0 Å². The van der Waals surface area contributed by atoms with Crippen molar-refractivity contribution in [2.45, 2.75) is 32.9 Å². The number of hydrogen-bond acceptors (Lipinski definition) is 4. The third kappa shape index (κ3) is 2.90. The van der Waals surface area contributed by atoms with Gasteiger partial charge >= 0.3 is 0 Å². The SMILES string of the molecule is Cc1nccnc1C(C)N[C@H](C)c1ccncc1. The Morgan fingerprint density at radius 2 is 1.61 bits per heavy atom. The summed E-state index contributed by atoms with van der Waals surface area (Å²) in [5.74, 6) is 0. The highest BCUT2D eigenvalue weighted by Crippen LogP contribution is 2.18. The molecular weight excluding hydrogens is 224 g/mol. The highest BCUT2D eigenvalue weighted by atomic mass is 15.0. The quantitative estimate of drug-likeness (QED) is 0.895.